The molecule has 0 atom stereocenters. The number of ether oxygens (including phenoxy) is 1. The summed E-state index contributed by atoms with van der Waals surface area (Å²) in [5, 5.41) is 2.61. The summed E-state index contributed by atoms with van der Waals surface area (Å²) in [6.07, 6.45) is 3.46. The molecule has 0 fully saturated rings. The highest BCUT2D eigenvalue weighted by Crippen LogP contribution is 2.23. The molecule has 0 unspecified atom stereocenters. The molecule has 138 valence electrons. The Bertz CT molecular complexity index is 918. The first-order valence-electron chi connectivity index (χ1n) is 8.66. The summed E-state index contributed by atoms with van der Waals surface area (Å²) in [4.78, 5) is 32.7. The van der Waals surface area contributed by atoms with Gasteiger partial charge in [0.05, 0.1) is 12.1 Å². The molecule has 1 aromatic carbocycles. The summed E-state index contributed by atoms with van der Waals surface area (Å²) in [6, 6.07) is 11.1. The number of carbonyl (C=O) groups excluding carboxylic acids is 2. The van der Waals surface area contributed by atoms with Gasteiger partial charge in [0.25, 0.3) is 0 Å². The molecule has 0 spiro atoms. The first-order chi connectivity index (χ1) is 13.0. The standard InChI is InChI=1S/C21H20N2O3S/c1-14(2)15-5-7-16(8-6-15)19(24)12-26-20(25)10-18-13-27-21(23-18)17-4-3-9-22-11-17/h3-9,11,13-14H,10,12H2,1-2H3. The van der Waals surface area contributed by atoms with Crippen LogP contribution in [0.25, 0.3) is 10.6 Å². The van der Waals surface area contributed by atoms with Crippen LogP contribution in [0.5, 0.6) is 0 Å². The van der Waals surface area contributed by atoms with Crippen LogP contribution in [0.15, 0.2) is 54.2 Å². The minimum atomic E-state index is -0.467. The summed E-state index contributed by atoms with van der Waals surface area (Å²) >= 11 is 1.44. The zero-order valence-electron chi connectivity index (χ0n) is 15.2. The minimum absolute atomic E-state index is 0.0380. The maximum absolute atomic E-state index is 12.2. The normalized spacial score (nSPS) is 10.8. The molecule has 27 heavy (non-hydrogen) atoms. The van der Waals surface area contributed by atoms with Gasteiger partial charge < -0.3 is 4.74 Å². The lowest BCUT2D eigenvalue weighted by Crippen LogP contribution is -2.15. The molecule has 3 aromatic rings. The second-order valence-electron chi connectivity index (χ2n) is 6.42. The van der Waals surface area contributed by atoms with Crippen LogP contribution in [0.2, 0.25) is 0 Å². The molecule has 2 heterocycles. The van der Waals surface area contributed by atoms with Crippen LogP contribution >= 0.6 is 11.3 Å². The van der Waals surface area contributed by atoms with Gasteiger partial charge in [-0.1, -0.05) is 38.1 Å². The molecule has 0 saturated heterocycles. The summed E-state index contributed by atoms with van der Waals surface area (Å²) in [7, 11) is 0. The fourth-order valence-electron chi connectivity index (χ4n) is 2.49. The van der Waals surface area contributed by atoms with Gasteiger partial charge in [0.15, 0.2) is 12.4 Å². The van der Waals surface area contributed by atoms with Gasteiger partial charge in [-0.3, -0.25) is 14.6 Å². The van der Waals surface area contributed by atoms with Gasteiger partial charge in [-0.05, 0) is 23.6 Å². The summed E-state index contributed by atoms with van der Waals surface area (Å²) in [5.74, 6) is -0.278. The Morgan fingerprint density at radius 2 is 1.93 bits per heavy atom. The Morgan fingerprint density at radius 1 is 1.15 bits per heavy atom. The number of nitrogens with zero attached hydrogens (tertiary/aromatic N) is 2. The molecule has 0 aliphatic heterocycles. The van der Waals surface area contributed by atoms with Crippen molar-refractivity contribution < 1.29 is 14.3 Å². The molecule has 0 N–H and O–H groups in total. The first-order valence-corrected chi connectivity index (χ1v) is 9.54. The minimum Gasteiger partial charge on any atom is -0.457 e. The van der Waals surface area contributed by atoms with E-state index in [4.69, 9.17) is 4.74 Å². The van der Waals surface area contributed by atoms with Gasteiger partial charge in [-0.2, -0.15) is 0 Å². The largest absolute Gasteiger partial charge is 0.457 e. The Kier molecular flexibility index (Phi) is 6.08. The first kappa shape index (κ1) is 18.9. The maximum atomic E-state index is 12.2. The SMILES string of the molecule is CC(C)c1ccc(C(=O)COC(=O)Cc2csc(-c3cccnc3)n2)cc1. The zero-order valence-corrected chi connectivity index (χ0v) is 16.0. The van der Waals surface area contributed by atoms with Crippen molar-refractivity contribution in [2.75, 3.05) is 6.61 Å². The van der Waals surface area contributed by atoms with Gasteiger partial charge in [0.2, 0.25) is 0 Å². The van der Waals surface area contributed by atoms with Gasteiger partial charge in [0.1, 0.15) is 5.01 Å². The van der Waals surface area contributed by atoms with E-state index in [2.05, 4.69) is 23.8 Å². The number of Topliss-reactive ketones (excluding diaryl/α,β-unsaturated/α-hetero) is 1. The van der Waals surface area contributed by atoms with E-state index in [1.807, 2.05) is 29.6 Å². The van der Waals surface area contributed by atoms with Gasteiger partial charge in [0, 0.05) is 28.9 Å². The third-order valence-electron chi connectivity index (χ3n) is 4.05. The number of thiazole rings is 1. The maximum Gasteiger partial charge on any atom is 0.312 e. The number of esters is 1. The highest BCUT2D eigenvalue weighted by atomic mass is 32.1. The van der Waals surface area contributed by atoms with E-state index in [1.54, 1.807) is 24.5 Å². The van der Waals surface area contributed by atoms with Crippen LogP contribution in [0, 0.1) is 0 Å². The van der Waals surface area contributed by atoms with Crippen LogP contribution in [0.3, 0.4) is 0 Å². The van der Waals surface area contributed by atoms with Gasteiger partial charge >= 0.3 is 5.97 Å². The third-order valence-corrected chi connectivity index (χ3v) is 4.99. The average molecular weight is 380 g/mol. The summed E-state index contributed by atoms with van der Waals surface area (Å²) in [5.41, 5.74) is 3.23. The van der Waals surface area contributed by atoms with Crippen LogP contribution < -0.4 is 0 Å². The Balaban J connectivity index is 1.52. The predicted octanol–water partition coefficient (Wildman–Crippen LogP) is 4.30. The van der Waals surface area contributed by atoms with Crippen molar-refractivity contribution in [1.29, 1.82) is 0 Å². The van der Waals surface area contributed by atoms with Crippen molar-refractivity contribution >= 4 is 23.1 Å². The number of rotatable bonds is 7. The van der Waals surface area contributed by atoms with Crippen molar-refractivity contribution in [3.8, 4) is 10.6 Å². The summed E-state index contributed by atoms with van der Waals surface area (Å²) < 4.78 is 5.12. The highest BCUT2D eigenvalue weighted by molar-refractivity contribution is 7.13. The second-order valence-corrected chi connectivity index (χ2v) is 7.28. The van der Waals surface area contributed by atoms with Crippen LogP contribution in [0.1, 0.15) is 41.4 Å². The molecule has 0 saturated carbocycles. The Hall–Kier alpha value is -2.86. The van der Waals surface area contributed by atoms with Gasteiger partial charge in [-0.15, -0.1) is 11.3 Å². The van der Waals surface area contributed by atoms with Crippen molar-refractivity contribution in [3.05, 3.63) is 71.0 Å². The molecule has 6 heteroatoms. The molecular formula is C21H20N2O3S. The Labute approximate surface area is 162 Å². The lowest BCUT2D eigenvalue weighted by molar-refractivity contribution is -0.141. The van der Waals surface area contributed by atoms with E-state index in [9.17, 15) is 9.59 Å². The smallest absolute Gasteiger partial charge is 0.312 e. The number of hydrogen-bond acceptors (Lipinski definition) is 6. The molecule has 0 aliphatic rings. The molecular weight excluding hydrogens is 360 g/mol. The van der Waals surface area contributed by atoms with Crippen molar-refractivity contribution in [3.63, 3.8) is 0 Å². The number of ketones is 1. The van der Waals surface area contributed by atoms with E-state index in [1.165, 1.54) is 11.3 Å². The molecule has 0 aliphatic carbocycles. The van der Waals surface area contributed by atoms with Crippen LogP contribution in [-0.2, 0) is 16.0 Å². The molecule has 3 rings (SSSR count). The van der Waals surface area contributed by atoms with Crippen LogP contribution in [0.4, 0.5) is 0 Å². The van der Waals surface area contributed by atoms with E-state index in [0.29, 0.717) is 17.2 Å². The zero-order chi connectivity index (χ0) is 19.2. The number of pyridine rings is 1. The highest BCUT2D eigenvalue weighted by Gasteiger charge is 2.13. The monoisotopic (exact) mass is 380 g/mol. The number of hydrogen-bond donors (Lipinski definition) is 0. The van der Waals surface area contributed by atoms with E-state index in [-0.39, 0.29) is 18.8 Å². The van der Waals surface area contributed by atoms with Crippen molar-refractivity contribution in [2.45, 2.75) is 26.2 Å². The third kappa shape index (κ3) is 5.08. The quantitative estimate of drug-likeness (QED) is 0.452. The number of aromatic nitrogens is 2. The van der Waals surface area contributed by atoms with Crippen molar-refractivity contribution in [1.82, 2.24) is 9.97 Å². The average Bonchev–Trinajstić information content (AvgIpc) is 3.15. The van der Waals surface area contributed by atoms with E-state index < -0.39 is 5.97 Å². The number of carbonyl (C=O) groups is 2. The lowest BCUT2D eigenvalue weighted by Gasteiger charge is -2.07. The molecule has 0 amide bonds. The molecule has 0 radical (unpaired) electrons. The fourth-order valence-corrected chi connectivity index (χ4v) is 3.30. The van der Waals surface area contributed by atoms with E-state index >= 15 is 0 Å². The predicted molar refractivity (Wildman–Crippen MR) is 105 cm³/mol. The fraction of sp³-hybridized carbons (Fsp3) is 0.238. The lowest BCUT2D eigenvalue weighted by atomic mass is 10.0. The van der Waals surface area contributed by atoms with Crippen LogP contribution in [-0.4, -0.2) is 28.3 Å². The van der Waals surface area contributed by atoms with E-state index in [0.717, 1.165) is 16.1 Å². The summed E-state index contributed by atoms with van der Waals surface area (Å²) in [6.45, 7) is 3.92. The number of benzene rings is 1. The topological polar surface area (TPSA) is 69.2 Å². The molecule has 2 aromatic heterocycles. The Morgan fingerprint density at radius 3 is 2.59 bits per heavy atom. The molecule has 0 bridgehead atoms. The second kappa shape index (κ2) is 8.68. The molecule has 5 nitrogen and oxygen atoms in total. The van der Waals surface area contributed by atoms with Gasteiger partial charge in [-0.25, -0.2) is 4.98 Å². The van der Waals surface area contributed by atoms with Crippen molar-refractivity contribution in [2.24, 2.45) is 0 Å².